The summed E-state index contributed by atoms with van der Waals surface area (Å²) in [6, 6.07) is 0. The van der Waals surface area contributed by atoms with Crippen LogP contribution in [0, 0.1) is 30.6 Å². The van der Waals surface area contributed by atoms with Crippen LogP contribution in [0.5, 0.6) is 0 Å². The molecule has 80 valence electrons. The molecule has 0 aromatic carbocycles. The van der Waals surface area contributed by atoms with Gasteiger partial charge in [-0.25, -0.2) is 0 Å². The van der Waals surface area contributed by atoms with Crippen LogP contribution in [0.15, 0.2) is 0 Å². The molecule has 0 unspecified atom stereocenters. The fourth-order valence-electron chi connectivity index (χ4n) is 0. The zero-order valence-electron chi connectivity index (χ0n) is 6.05. The van der Waals surface area contributed by atoms with Gasteiger partial charge in [0.2, 0.25) is 0 Å². The second-order valence-corrected chi connectivity index (χ2v) is 0.447. The van der Waals surface area contributed by atoms with Crippen molar-refractivity contribution < 1.29 is 32.1 Å². The molecule has 8 N–H and O–H groups in total. The molecule has 12 nitrogen and oxygen atoms in total. The standard InChI is InChI=1S/2NO3.4H2O.Sr/c2*2-1(3)4;;;;;/h;;4*1H2;/q2*-1;;;;;+2. The third-order valence-corrected chi connectivity index (χ3v) is 0. The predicted octanol–water partition coefficient (Wildman–Crippen LogP) is -4.16. The first-order valence-corrected chi connectivity index (χ1v) is 1.10. The Morgan fingerprint density at radius 2 is 0.615 bits per heavy atom. The van der Waals surface area contributed by atoms with Gasteiger partial charge in [0.1, 0.15) is 0 Å². The van der Waals surface area contributed by atoms with E-state index in [1.54, 1.807) is 0 Å². The molecule has 0 atom stereocenters. The first-order chi connectivity index (χ1) is 3.46. The van der Waals surface area contributed by atoms with Crippen LogP contribution in [0.1, 0.15) is 0 Å². The van der Waals surface area contributed by atoms with E-state index in [2.05, 4.69) is 0 Å². The zero-order valence-corrected chi connectivity index (χ0v) is 9.53. The van der Waals surface area contributed by atoms with Gasteiger partial charge in [-0.15, -0.1) is 0 Å². The molecule has 0 rings (SSSR count). The molecule has 0 radical (unpaired) electrons. The minimum Gasteiger partial charge on any atom is -0.412 e. The summed E-state index contributed by atoms with van der Waals surface area (Å²) in [5.74, 6) is 0. The van der Waals surface area contributed by atoms with Crippen molar-refractivity contribution in [2.45, 2.75) is 0 Å². The maximum atomic E-state index is 8.25. The Kier molecular flexibility index (Phi) is 169. The van der Waals surface area contributed by atoms with Crippen LogP contribution < -0.4 is 0 Å². The van der Waals surface area contributed by atoms with E-state index in [1.807, 2.05) is 0 Å². The van der Waals surface area contributed by atoms with Crippen LogP contribution in [-0.2, 0) is 0 Å². The molecule has 0 aromatic heterocycles. The van der Waals surface area contributed by atoms with Gasteiger partial charge in [-0.1, -0.05) is 0 Å². The van der Waals surface area contributed by atoms with Gasteiger partial charge in [0.25, 0.3) is 0 Å². The number of nitrogens with zero attached hydrogens (tertiary/aromatic N) is 2. The summed E-state index contributed by atoms with van der Waals surface area (Å²) in [6.45, 7) is 0. The molecule has 0 bridgehead atoms. The van der Waals surface area contributed by atoms with Crippen molar-refractivity contribution in [1.82, 2.24) is 0 Å². The van der Waals surface area contributed by atoms with Crippen LogP contribution in [0.25, 0.3) is 0 Å². The van der Waals surface area contributed by atoms with Gasteiger partial charge in [-0.05, 0) is 0 Å². The zero-order chi connectivity index (χ0) is 7.15. The van der Waals surface area contributed by atoms with E-state index < -0.39 is 10.2 Å². The van der Waals surface area contributed by atoms with Crippen LogP contribution in [0.2, 0.25) is 0 Å². The Hall–Kier alpha value is -0.279. The smallest absolute Gasteiger partial charge is 0.412 e. The molecule has 0 fully saturated rings. The maximum Gasteiger partial charge on any atom is 2.00 e. The van der Waals surface area contributed by atoms with Crippen molar-refractivity contribution >= 4 is 45.5 Å². The van der Waals surface area contributed by atoms with E-state index in [0.29, 0.717) is 0 Å². The molecule has 0 heterocycles. The molecular formula is H8N2O10Sr. The summed E-state index contributed by atoms with van der Waals surface area (Å²) >= 11 is 0. The van der Waals surface area contributed by atoms with Crippen molar-refractivity contribution in [3.8, 4) is 0 Å². The molecule has 0 saturated heterocycles. The molecule has 0 amide bonds. The maximum absolute atomic E-state index is 8.25. The summed E-state index contributed by atoms with van der Waals surface area (Å²) in [7, 11) is 0. The molecule has 13 heteroatoms. The van der Waals surface area contributed by atoms with Crippen molar-refractivity contribution in [2.24, 2.45) is 0 Å². The third kappa shape index (κ3) is 14200. The summed E-state index contributed by atoms with van der Waals surface area (Å²) in [5, 5.41) is 29.5. The molecule has 0 saturated carbocycles. The molecule has 0 spiro atoms. The van der Waals surface area contributed by atoms with Crippen molar-refractivity contribution in [2.75, 3.05) is 0 Å². The topological polar surface area (TPSA) is 258 Å². The Morgan fingerprint density at radius 3 is 0.615 bits per heavy atom. The molecule has 0 aliphatic rings. The van der Waals surface area contributed by atoms with Crippen LogP contribution in [-0.4, -0.2) is 77.6 Å². The van der Waals surface area contributed by atoms with Gasteiger partial charge in [-0.3, -0.25) is 0 Å². The Bertz CT molecular complexity index is 70.9. The molecule has 13 heavy (non-hydrogen) atoms. The van der Waals surface area contributed by atoms with Gasteiger partial charge in [-0.2, -0.15) is 0 Å². The number of hydrogen-bond acceptors (Lipinski definition) is 6. The summed E-state index contributed by atoms with van der Waals surface area (Å²) < 4.78 is 0. The average Bonchev–Trinajstić information content (AvgIpc) is 1.25. The minimum absolute atomic E-state index is 0. The summed E-state index contributed by atoms with van der Waals surface area (Å²) in [4.78, 5) is 16.5. The Morgan fingerprint density at radius 1 is 0.615 bits per heavy atom. The Balaban J connectivity index is -0.00000000800. The normalized spacial score (nSPS) is 3.69. The number of hydrogen-bond donors (Lipinski definition) is 0. The molecule has 0 aromatic rings. The summed E-state index contributed by atoms with van der Waals surface area (Å²) in [6.07, 6.45) is 0. The first-order valence-electron chi connectivity index (χ1n) is 1.10. The van der Waals surface area contributed by atoms with Gasteiger partial charge in [0.15, 0.2) is 0 Å². The largest absolute Gasteiger partial charge is 2.00 e. The first kappa shape index (κ1) is 53.4. The summed E-state index contributed by atoms with van der Waals surface area (Å²) in [5.41, 5.74) is 0. The van der Waals surface area contributed by atoms with Crippen LogP contribution >= 0.6 is 0 Å². The fraction of sp³-hybridized carbons (Fsp3) is 0. The number of rotatable bonds is 0. The monoisotopic (exact) mass is 284 g/mol. The fourth-order valence-corrected chi connectivity index (χ4v) is 0. The van der Waals surface area contributed by atoms with Crippen LogP contribution in [0.3, 0.4) is 0 Å². The van der Waals surface area contributed by atoms with Gasteiger partial charge in [0, 0.05) is 0 Å². The van der Waals surface area contributed by atoms with Gasteiger partial charge < -0.3 is 52.5 Å². The second kappa shape index (κ2) is 41.2. The third-order valence-electron chi connectivity index (χ3n) is 0. The van der Waals surface area contributed by atoms with E-state index in [4.69, 9.17) is 30.6 Å². The van der Waals surface area contributed by atoms with Crippen molar-refractivity contribution in [1.29, 1.82) is 0 Å². The van der Waals surface area contributed by atoms with Crippen LogP contribution in [0.4, 0.5) is 0 Å². The minimum atomic E-state index is -1.75. The van der Waals surface area contributed by atoms with Gasteiger partial charge >= 0.3 is 45.5 Å². The van der Waals surface area contributed by atoms with E-state index in [-0.39, 0.29) is 67.4 Å². The van der Waals surface area contributed by atoms with E-state index in [0.717, 1.165) is 0 Å². The molecule has 0 aliphatic carbocycles. The van der Waals surface area contributed by atoms with Crippen molar-refractivity contribution in [3.05, 3.63) is 30.6 Å². The molecule has 0 aliphatic heterocycles. The average molecular weight is 284 g/mol. The molecular weight excluding hydrogens is 276 g/mol. The van der Waals surface area contributed by atoms with Crippen molar-refractivity contribution in [3.63, 3.8) is 0 Å². The second-order valence-electron chi connectivity index (χ2n) is 0.447. The van der Waals surface area contributed by atoms with E-state index >= 15 is 0 Å². The Labute approximate surface area is 107 Å². The predicted molar refractivity (Wildman–Crippen MR) is 40.9 cm³/mol. The van der Waals surface area contributed by atoms with Gasteiger partial charge in [0.05, 0.1) is 10.2 Å². The van der Waals surface area contributed by atoms with E-state index in [9.17, 15) is 0 Å². The van der Waals surface area contributed by atoms with E-state index in [1.165, 1.54) is 0 Å². The SMILES string of the molecule is O.O.O.O.O=[N+]([O-])[O-].O=[N+]([O-])[O-].[Sr+2]. The quantitative estimate of drug-likeness (QED) is 0.241.